The summed E-state index contributed by atoms with van der Waals surface area (Å²) in [4.78, 5) is 27.0. The maximum Gasteiger partial charge on any atom is 0.178 e. The fourth-order valence-corrected chi connectivity index (χ4v) is 5.05. The molecule has 0 bridgehead atoms. The fourth-order valence-electron chi connectivity index (χ4n) is 5.05. The van der Waals surface area contributed by atoms with Crippen molar-refractivity contribution in [2.75, 3.05) is 0 Å². The highest BCUT2D eigenvalue weighted by molar-refractivity contribution is 6.06. The van der Waals surface area contributed by atoms with E-state index in [9.17, 15) is 30.0 Å². The SMILES string of the molecule is O=C1CC(c2ccc(O)cc2)Oc2cc3c(cc21)[C@@H](C(=O)c1ccc(O)cc1O)[C@@H](c1ccc(O)cc1)O3. The molecule has 190 valence electrons. The second kappa shape index (κ2) is 8.85. The summed E-state index contributed by atoms with van der Waals surface area (Å²) in [5.74, 6) is -1.25. The van der Waals surface area contributed by atoms with Crippen molar-refractivity contribution < 1.29 is 39.5 Å². The summed E-state index contributed by atoms with van der Waals surface area (Å²) in [6.45, 7) is 0. The second-order valence-corrected chi connectivity index (χ2v) is 9.38. The summed E-state index contributed by atoms with van der Waals surface area (Å²) in [6, 6.07) is 19.7. The van der Waals surface area contributed by atoms with E-state index >= 15 is 0 Å². The van der Waals surface area contributed by atoms with Crippen LogP contribution < -0.4 is 9.47 Å². The van der Waals surface area contributed by atoms with Crippen LogP contribution in [0.1, 0.15) is 62.0 Å². The van der Waals surface area contributed by atoms with Crippen LogP contribution in [0.3, 0.4) is 0 Å². The molecule has 0 amide bonds. The number of ether oxygens (including phenoxy) is 2. The van der Waals surface area contributed by atoms with E-state index in [-0.39, 0.29) is 40.8 Å². The molecule has 4 aromatic carbocycles. The Morgan fingerprint density at radius 1 is 0.711 bits per heavy atom. The van der Waals surface area contributed by atoms with Gasteiger partial charge in [0.25, 0.3) is 0 Å². The molecule has 1 unspecified atom stereocenters. The molecule has 0 spiro atoms. The van der Waals surface area contributed by atoms with Crippen molar-refractivity contribution in [2.45, 2.75) is 24.5 Å². The van der Waals surface area contributed by atoms with Gasteiger partial charge in [0, 0.05) is 17.7 Å². The zero-order valence-electron chi connectivity index (χ0n) is 19.9. The van der Waals surface area contributed by atoms with Crippen LogP contribution >= 0.6 is 0 Å². The summed E-state index contributed by atoms with van der Waals surface area (Å²) < 4.78 is 12.4. The number of hydrogen-bond donors (Lipinski definition) is 4. The maximum atomic E-state index is 13.8. The first-order valence-corrected chi connectivity index (χ1v) is 12.0. The Kier molecular flexibility index (Phi) is 5.45. The van der Waals surface area contributed by atoms with E-state index in [1.165, 1.54) is 36.4 Å². The number of carbonyl (C=O) groups is 2. The van der Waals surface area contributed by atoms with E-state index in [0.29, 0.717) is 28.2 Å². The predicted octanol–water partition coefficient (Wildman–Crippen LogP) is 5.32. The summed E-state index contributed by atoms with van der Waals surface area (Å²) in [5, 5.41) is 39.5. The van der Waals surface area contributed by atoms with Gasteiger partial charge in [0.15, 0.2) is 11.6 Å². The summed E-state index contributed by atoms with van der Waals surface area (Å²) in [5.41, 5.74) is 2.14. The molecule has 4 N–H and O–H groups in total. The minimum Gasteiger partial charge on any atom is -0.508 e. The molecule has 3 atom stereocenters. The van der Waals surface area contributed by atoms with E-state index in [2.05, 4.69) is 0 Å². The monoisotopic (exact) mass is 510 g/mol. The third kappa shape index (κ3) is 3.96. The first-order valence-electron chi connectivity index (χ1n) is 12.0. The van der Waals surface area contributed by atoms with Gasteiger partial charge in [-0.25, -0.2) is 0 Å². The molecular formula is C30H22O8. The molecule has 0 aliphatic carbocycles. The molecule has 4 aromatic rings. The average Bonchev–Trinajstić information content (AvgIpc) is 3.26. The summed E-state index contributed by atoms with van der Waals surface area (Å²) >= 11 is 0. The van der Waals surface area contributed by atoms with Gasteiger partial charge in [-0.3, -0.25) is 9.59 Å². The molecular weight excluding hydrogens is 488 g/mol. The highest BCUT2D eigenvalue weighted by atomic mass is 16.5. The lowest BCUT2D eigenvalue weighted by atomic mass is 9.83. The van der Waals surface area contributed by atoms with Gasteiger partial charge in [-0.1, -0.05) is 24.3 Å². The van der Waals surface area contributed by atoms with E-state index in [1.54, 1.807) is 36.4 Å². The highest BCUT2D eigenvalue weighted by Crippen LogP contribution is 2.52. The number of benzene rings is 4. The Bertz CT molecular complexity index is 1570. The van der Waals surface area contributed by atoms with Gasteiger partial charge in [0.05, 0.1) is 23.5 Å². The molecule has 0 saturated carbocycles. The van der Waals surface area contributed by atoms with Gasteiger partial charge in [0.1, 0.15) is 46.7 Å². The van der Waals surface area contributed by atoms with E-state index in [4.69, 9.17) is 9.47 Å². The Balaban J connectivity index is 1.43. The number of ketones is 2. The largest absolute Gasteiger partial charge is 0.508 e. The van der Waals surface area contributed by atoms with Crippen LogP contribution in [0.25, 0.3) is 0 Å². The molecule has 8 nitrogen and oxygen atoms in total. The first kappa shape index (κ1) is 23.4. The van der Waals surface area contributed by atoms with Gasteiger partial charge in [0.2, 0.25) is 0 Å². The number of Topliss-reactive ketones (excluding diaryl/α,β-unsaturated/α-hetero) is 2. The number of fused-ring (bicyclic) bond motifs is 2. The van der Waals surface area contributed by atoms with Crippen LogP contribution in [-0.2, 0) is 0 Å². The van der Waals surface area contributed by atoms with Crippen LogP contribution in [0.2, 0.25) is 0 Å². The lowest BCUT2D eigenvalue weighted by Crippen LogP contribution is -2.21. The van der Waals surface area contributed by atoms with Crippen LogP contribution in [0, 0.1) is 0 Å². The lowest BCUT2D eigenvalue weighted by molar-refractivity contribution is 0.0848. The molecule has 2 heterocycles. The molecule has 0 fully saturated rings. The minimum absolute atomic E-state index is 0.000667. The number of hydrogen-bond acceptors (Lipinski definition) is 8. The molecule has 0 radical (unpaired) electrons. The van der Waals surface area contributed by atoms with Gasteiger partial charge < -0.3 is 29.9 Å². The Hall–Kier alpha value is -4.98. The van der Waals surface area contributed by atoms with Gasteiger partial charge >= 0.3 is 0 Å². The number of aromatic hydroxyl groups is 4. The Morgan fingerprint density at radius 3 is 2.00 bits per heavy atom. The van der Waals surface area contributed by atoms with E-state index in [0.717, 1.165) is 11.6 Å². The highest BCUT2D eigenvalue weighted by Gasteiger charge is 2.43. The van der Waals surface area contributed by atoms with Crippen molar-refractivity contribution in [1.29, 1.82) is 0 Å². The zero-order valence-corrected chi connectivity index (χ0v) is 19.9. The first-order chi connectivity index (χ1) is 18.3. The van der Waals surface area contributed by atoms with E-state index in [1.807, 2.05) is 0 Å². The van der Waals surface area contributed by atoms with E-state index < -0.39 is 23.9 Å². The number of phenols is 4. The Labute approximate surface area is 217 Å². The third-order valence-corrected chi connectivity index (χ3v) is 6.96. The number of phenolic OH excluding ortho intramolecular Hbond substituents is 4. The molecule has 2 aliphatic rings. The average molecular weight is 510 g/mol. The topological polar surface area (TPSA) is 134 Å². The number of carbonyl (C=O) groups excluding carboxylic acids is 2. The smallest absolute Gasteiger partial charge is 0.178 e. The van der Waals surface area contributed by atoms with Crippen LogP contribution in [0.15, 0.2) is 78.9 Å². The minimum atomic E-state index is -0.919. The third-order valence-electron chi connectivity index (χ3n) is 6.96. The Morgan fingerprint density at radius 2 is 1.34 bits per heavy atom. The van der Waals surface area contributed by atoms with Crippen molar-refractivity contribution in [3.05, 3.63) is 107 Å². The maximum absolute atomic E-state index is 13.8. The molecule has 0 aromatic heterocycles. The molecule has 8 heteroatoms. The normalized spacial score (nSPS) is 19.7. The molecule has 38 heavy (non-hydrogen) atoms. The van der Waals surface area contributed by atoms with Crippen LogP contribution in [0.4, 0.5) is 0 Å². The standard InChI is InChI=1S/C30H22O8/c31-17-5-1-15(2-6-17)25-13-24(35)21-12-22-27(14-26(21)37-25)38-30(16-3-7-18(32)8-4-16)28(22)29(36)20-10-9-19(33)11-23(20)34/h1-12,14,25,28,30-34H,13H2/t25?,28-,30+/m0/s1. The lowest BCUT2D eigenvalue weighted by Gasteiger charge is -2.26. The van der Waals surface area contributed by atoms with Crippen LogP contribution in [0.5, 0.6) is 34.5 Å². The van der Waals surface area contributed by atoms with Crippen molar-refractivity contribution in [1.82, 2.24) is 0 Å². The van der Waals surface area contributed by atoms with Gasteiger partial charge in [-0.05, 0) is 53.6 Å². The summed E-state index contributed by atoms with van der Waals surface area (Å²) in [6.07, 6.45) is -1.27. The zero-order chi connectivity index (χ0) is 26.6. The molecule has 0 saturated heterocycles. The fraction of sp³-hybridized carbons (Fsp3) is 0.133. The van der Waals surface area contributed by atoms with Crippen molar-refractivity contribution in [2.24, 2.45) is 0 Å². The van der Waals surface area contributed by atoms with Crippen LogP contribution in [-0.4, -0.2) is 32.0 Å². The summed E-state index contributed by atoms with van der Waals surface area (Å²) in [7, 11) is 0. The van der Waals surface area contributed by atoms with Gasteiger partial charge in [-0.2, -0.15) is 0 Å². The van der Waals surface area contributed by atoms with Gasteiger partial charge in [-0.15, -0.1) is 0 Å². The molecule has 2 aliphatic heterocycles. The van der Waals surface area contributed by atoms with Crippen molar-refractivity contribution in [3.63, 3.8) is 0 Å². The van der Waals surface area contributed by atoms with Crippen molar-refractivity contribution >= 4 is 11.6 Å². The second-order valence-electron chi connectivity index (χ2n) is 9.38. The van der Waals surface area contributed by atoms with Crippen molar-refractivity contribution in [3.8, 4) is 34.5 Å². The number of rotatable bonds is 4. The molecule has 6 rings (SSSR count). The predicted molar refractivity (Wildman–Crippen MR) is 135 cm³/mol. The quantitative estimate of drug-likeness (QED) is 0.271.